The van der Waals surface area contributed by atoms with E-state index in [1.54, 1.807) is 61.6 Å². The van der Waals surface area contributed by atoms with Crippen LogP contribution in [0.3, 0.4) is 0 Å². The standard InChI is InChI=1S/C28H28N4O5/c1-35-19-12-13-23(25(18-19)37-3)32-27(33)21-9-5-4-8-20(21)26(29-32)28(34)31-16-14-30(15-17-31)22-10-6-7-11-24(22)36-2/h4-13,18H,14-17H2,1-3H3. The number of nitrogens with zero attached hydrogens (tertiary/aromatic N) is 4. The number of carbonyl (C=O) groups excluding carboxylic acids is 1. The van der Waals surface area contributed by atoms with E-state index in [0.717, 1.165) is 11.4 Å². The van der Waals surface area contributed by atoms with Gasteiger partial charge in [0.2, 0.25) is 0 Å². The van der Waals surface area contributed by atoms with Gasteiger partial charge in [0.05, 0.1) is 32.4 Å². The van der Waals surface area contributed by atoms with Gasteiger partial charge in [0, 0.05) is 37.6 Å². The SMILES string of the molecule is COc1ccc(-n2nc(C(=O)N3CCN(c4ccccc4OC)CC3)c3ccccc3c2=O)c(OC)c1. The van der Waals surface area contributed by atoms with Gasteiger partial charge >= 0.3 is 0 Å². The molecular formula is C28H28N4O5. The molecule has 190 valence electrons. The van der Waals surface area contributed by atoms with Crippen LogP contribution in [0.2, 0.25) is 0 Å². The van der Waals surface area contributed by atoms with Gasteiger partial charge in [-0.25, -0.2) is 0 Å². The average Bonchev–Trinajstić information content (AvgIpc) is 2.97. The minimum absolute atomic E-state index is 0.221. The molecule has 1 fully saturated rings. The summed E-state index contributed by atoms with van der Waals surface area (Å²) in [4.78, 5) is 31.2. The Morgan fingerprint density at radius 3 is 2.14 bits per heavy atom. The molecule has 3 aromatic carbocycles. The van der Waals surface area contributed by atoms with Gasteiger partial charge in [-0.15, -0.1) is 0 Å². The molecule has 1 amide bonds. The Kier molecular flexibility index (Phi) is 6.68. The number of rotatable bonds is 6. The molecule has 1 aromatic heterocycles. The van der Waals surface area contributed by atoms with E-state index in [1.165, 1.54) is 11.8 Å². The number of fused-ring (bicyclic) bond motifs is 1. The fourth-order valence-corrected chi connectivity index (χ4v) is 4.66. The van der Waals surface area contributed by atoms with Crippen LogP contribution < -0.4 is 24.7 Å². The lowest BCUT2D eigenvalue weighted by atomic mass is 10.1. The highest BCUT2D eigenvalue weighted by Gasteiger charge is 2.27. The van der Waals surface area contributed by atoms with Gasteiger partial charge in [0.25, 0.3) is 11.5 Å². The number of para-hydroxylation sites is 2. The molecule has 9 heteroatoms. The fraction of sp³-hybridized carbons (Fsp3) is 0.250. The van der Waals surface area contributed by atoms with Crippen LogP contribution in [0.25, 0.3) is 16.5 Å². The first kappa shape index (κ1) is 24.2. The van der Waals surface area contributed by atoms with Crippen molar-refractivity contribution in [2.75, 3.05) is 52.4 Å². The quantitative estimate of drug-likeness (QED) is 0.401. The summed E-state index contributed by atoms with van der Waals surface area (Å²) in [6.45, 7) is 2.32. The molecule has 1 aliphatic heterocycles. The lowest BCUT2D eigenvalue weighted by molar-refractivity contribution is 0.0741. The zero-order valence-corrected chi connectivity index (χ0v) is 21.0. The zero-order chi connectivity index (χ0) is 25.9. The predicted octanol–water partition coefficient (Wildman–Crippen LogP) is 3.37. The summed E-state index contributed by atoms with van der Waals surface area (Å²) in [5.74, 6) is 1.57. The van der Waals surface area contributed by atoms with Crippen molar-refractivity contribution in [3.8, 4) is 22.9 Å². The van der Waals surface area contributed by atoms with Crippen LogP contribution in [-0.4, -0.2) is 68.1 Å². The van der Waals surface area contributed by atoms with E-state index in [4.69, 9.17) is 14.2 Å². The Morgan fingerprint density at radius 2 is 1.43 bits per heavy atom. The molecule has 5 rings (SSSR count). The number of hydrogen-bond donors (Lipinski definition) is 0. The number of ether oxygens (including phenoxy) is 3. The Balaban J connectivity index is 1.51. The molecule has 0 N–H and O–H groups in total. The summed E-state index contributed by atoms with van der Waals surface area (Å²) >= 11 is 0. The summed E-state index contributed by atoms with van der Waals surface area (Å²) in [6.07, 6.45) is 0. The number of amides is 1. The number of aromatic nitrogens is 2. The number of anilines is 1. The topological polar surface area (TPSA) is 86.1 Å². The Bertz CT molecular complexity index is 1510. The van der Waals surface area contributed by atoms with E-state index in [9.17, 15) is 9.59 Å². The number of hydrogen-bond acceptors (Lipinski definition) is 7. The van der Waals surface area contributed by atoms with Crippen LogP contribution in [0, 0.1) is 0 Å². The molecule has 0 bridgehead atoms. The number of carbonyl (C=O) groups is 1. The van der Waals surface area contributed by atoms with Crippen molar-refractivity contribution in [2.45, 2.75) is 0 Å². The van der Waals surface area contributed by atoms with Gasteiger partial charge in [-0.2, -0.15) is 9.78 Å². The van der Waals surface area contributed by atoms with E-state index in [2.05, 4.69) is 10.00 Å². The second-order valence-corrected chi connectivity index (χ2v) is 8.60. The monoisotopic (exact) mass is 500 g/mol. The van der Waals surface area contributed by atoms with Gasteiger partial charge in [-0.3, -0.25) is 9.59 Å². The average molecular weight is 501 g/mol. The maximum absolute atomic E-state index is 13.8. The van der Waals surface area contributed by atoms with Crippen molar-refractivity contribution in [3.05, 3.63) is 82.8 Å². The molecular weight excluding hydrogens is 472 g/mol. The van der Waals surface area contributed by atoms with Crippen LogP contribution in [0.4, 0.5) is 5.69 Å². The number of piperazine rings is 1. The molecule has 9 nitrogen and oxygen atoms in total. The molecule has 1 aliphatic rings. The highest BCUT2D eigenvalue weighted by Crippen LogP contribution is 2.30. The second kappa shape index (κ2) is 10.2. The first-order valence-corrected chi connectivity index (χ1v) is 12.0. The van der Waals surface area contributed by atoms with E-state index in [-0.39, 0.29) is 17.2 Å². The van der Waals surface area contributed by atoms with E-state index in [1.807, 2.05) is 24.3 Å². The molecule has 4 aromatic rings. The molecule has 2 heterocycles. The van der Waals surface area contributed by atoms with Crippen molar-refractivity contribution < 1.29 is 19.0 Å². The predicted molar refractivity (Wildman–Crippen MR) is 142 cm³/mol. The lowest BCUT2D eigenvalue weighted by Gasteiger charge is -2.36. The van der Waals surface area contributed by atoms with Crippen LogP contribution in [0.15, 0.2) is 71.5 Å². The van der Waals surface area contributed by atoms with Gasteiger partial charge in [-0.05, 0) is 30.3 Å². The zero-order valence-electron chi connectivity index (χ0n) is 21.0. The lowest BCUT2D eigenvalue weighted by Crippen LogP contribution is -2.49. The van der Waals surface area contributed by atoms with Crippen molar-refractivity contribution >= 4 is 22.4 Å². The van der Waals surface area contributed by atoms with E-state index >= 15 is 0 Å². The van der Waals surface area contributed by atoms with Crippen molar-refractivity contribution in [1.82, 2.24) is 14.7 Å². The highest BCUT2D eigenvalue weighted by molar-refractivity contribution is 6.05. The molecule has 0 unspecified atom stereocenters. The minimum atomic E-state index is -0.336. The first-order chi connectivity index (χ1) is 18.0. The Morgan fingerprint density at radius 1 is 0.757 bits per heavy atom. The first-order valence-electron chi connectivity index (χ1n) is 12.0. The maximum atomic E-state index is 13.8. The molecule has 0 aliphatic carbocycles. The number of benzene rings is 3. The Labute approximate surface area is 214 Å². The van der Waals surface area contributed by atoms with Crippen molar-refractivity contribution in [3.63, 3.8) is 0 Å². The normalized spacial score (nSPS) is 13.5. The summed E-state index contributed by atoms with van der Waals surface area (Å²) < 4.78 is 17.5. The smallest absolute Gasteiger partial charge is 0.279 e. The summed E-state index contributed by atoms with van der Waals surface area (Å²) in [5, 5.41) is 5.50. The molecule has 0 atom stereocenters. The Hall–Kier alpha value is -4.53. The third kappa shape index (κ3) is 4.44. The summed E-state index contributed by atoms with van der Waals surface area (Å²) in [7, 11) is 4.72. The molecule has 0 radical (unpaired) electrons. The van der Waals surface area contributed by atoms with Crippen molar-refractivity contribution in [2.24, 2.45) is 0 Å². The molecule has 1 saturated heterocycles. The van der Waals surface area contributed by atoms with Gasteiger partial charge in [0.1, 0.15) is 22.9 Å². The van der Waals surface area contributed by atoms with Crippen molar-refractivity contribution in [1.29, 1.82) is 0 Å². The van der Waals surface area contributed by atoms with Gasteiger partial charge < -0.3 is 24.0 Å². The molecule has 0 saturated carbocycles. The summed E-state index contributed by atoms with van der Waals surface area (Å²) in [6, 6.07) is 20.0. The fourth-order valence-electron chi connectivity index (χ4n) is 4.66. The maximum Gasteiger partial charge on any atom is 0.279 e. The molecule has 0 spiro atoms. The van der Waals surface area contributed by atoms with E-state index in [0.29, 0.717) is 54.1 Å². The highest BCUT2D eigenvalue weighted by atomic mass is 16.5. The third-order valence-corrected chi connectivity index (χ3v) is 6.62. The minimum Gasteiger partial charge on any atom is -0.497 e. The third-order valence-electron chi connectivity index (χ3n) is 6.62. The van der Waals surface area contributed by atoms with Crippen LogP contribution in [0.1, 0.15) is 10.5 Å². The van der Waals surface area contributed by atoms with Crippen LogP contribution in [0.5, 0.6) is 17.2 Å². The second-order valence-electron chi connectivity index (χ2n) is 8.60. The van der Waals surface area contributed by atoms with Gasteiger partial charge in [0.15, 0.2) is 5.69 Å². The van der Waals surface area contributed by atoms with Gasteiger partial charge in [-0.1, -0.05) is 30.3 Å². The van der Waals surface area contributed by atoms with Crippen LogP contribution in [-0.2, 0) is 0 Å². The summed E-state index contributed by atoms with van der Waals surface area (Å²) in [5.41, 5.74) is 1.31. The van der Waals surface area contributed by atoms with E-state index < -0.39 is 0 Å². The van der Waals surface area contributed by atoms with Crippen LogP contribution >= 0.6 is 0 Å². The number of methoxy groups -OCH3 is 3. The molecule has 37 heavy (non-hydrogen) atoms. The largest absolute Gasteiger partial charge is 0.497 e.